The Labute approximate surface area is 146 Å². The molecule has 2 aliphatic heterocycles. The van der Waals surface area contributed by atoms with E-state index >= 15 is 0 Å². The quantitative estimate of drug-likeness (QED) is 0.911. The van der Waals surface area contributed by atoms with E-state index in [9.17, 15) is 4.79 Å². The molecule has 126 valence electrons. The topological polar surface area (TPSA) is 50.2 Å². The number of rotatable bonds is 2. The number of piperidine rings is 1. The normalized spacial score (nSPS) is 18.0. The number of nitrogens with one attached hydrogen (secondary N) is 1. The molecule has 24 heavy (non-hydrogen) atoms. The fourth-order valence-corrected chi connectivity index (χ4v) is 3.79. The highest BCUT2D eigenvalue weighted by Gasteiger charge is 2.28. The van der Waals surface area contributed by atoms with Crippen LogP contribution in [0.2, 0.25) is 5.02 Å². The van der Waals surface area contributed by atoms with Gasteiger partial charge in [-0.15, -0.1) is 0 Å². The molecule has 1 fully saturated rings. The number of benzene rings is 1. The van der Waals surface area contributed by atoms with E-state index in [4.69, 9.17) is 11.6 Å². The van der Waals surface area contributed by atoms with Gasteiger partial charge < -0.3 is 10.2 Å². The maximum absolute atomic E-state index is 12.7. The molecule has 1 N–H and O–H groups in total. The number of hydrogen-bond acceptors (Lipinski definition) is 3. The van der Waals surface area contributed by atoms with Crippen LogP contribution < -0.4 is 5.32 Å². The predicted octanol–water partition coefficient (Wildman–Crippen LogP) is 2.93. The van der Waals surface area contributed by atoms with Gasteiger partial charge in [-0.05, 0) is 43.5 Å². The molecule has 0 unspecified atom stereocenters. The Morgan fingerprint density at radius 2 is 2.08 bits per heavy atom. The number of fused-ring (bicyclic) bond motifs is 1. The zero-order valence-electron chi connectivity index (χ0n) is 13.8. The Morgan fingerprint density at radius 1 is 1.29 bits per heavy atom. The van der Waals surface area contributed by atoms with Gasteiger partial charge in [-0.2, -0.15) is 5.10 Å². The molecule has 0 bridgehead atoms. The van der Waals surface area contributed by atoms with Gasteiger partial charge in [0.05, 0.1) is 17.9 Å². The van der Waals surface area contributed by atoms with Crippen LogP contribution in [0.4, 0.5) is 0 Å². The van der Waals surface area contributed by atoms with Crippen molar-refractivity contribution in [3.8, 4) is 0 Å². The van der Waals surface area contributed by atoms with Crippen molar-refractivity contribution in [1.29, 1.82) is 0 Å². The fraction of sp³-hybridized carbons (Fsp3) is 0.444. The van der Waals surface area contributed by atoms with E-state index in [-0.39, 0.29) is 5.91 Å². The fourth-order valence-electron chi connectivity index (χ4n) is 3.67. The second kappa shape index (κ2) is 6.22. The Kier molecular flexibility index (Phi) is 4.06. The third kappa shape index (κ3) is 2.72. The summed E-state index contributed by atoms with van der Waals surface area (Å²) in [6, 6.07) is 5.89. The Hall–Kier alpha value is -1.85. The standard InChI is InChI=1S/C18H21ClN4O/c1-12-8-13(2-3-16(12)19)18(24)22-6-4-15(5-7-22)23-17-11-20-9-14(17)10-21-23/h2-3,8,10,15,20H,4-7,9,11H2,1H3. The summed E-state index contributed by atoms with van der Waals surface area (Å²) in [5.41, 5.74) is 4.29. The summed E-state index contributed by atoms with van der Waals surface area (Å²) in [4.78, 5) is 14.6. The van der Waals surface area contributed by atoms with Gasteiger partial charge >= 0.3 is 0 Å². The first-order chi connectivity index (χ1) is 11.6. The monoisotopic (exact) mass is 344 g/mol. The minimum Gasteiger partial charge on any atom is -0.338 e. The van der Waals surface area contributed by atoms with Gasteiger partial charge in [0.15, 0.2) is 0 Å². The minimum absolute atomic E-state index is 0.0978. The molecule has 6 heteroatoms. The van der Waals surface area contributed by atoms with Crippen LogP contribution in [0.3, 0.4) is 0 Å². The Balaban J connectivity index is 1.44. The zero-order chi connectivity index (χ0) is 16.7. The van der Waals surface area contributed by atoms with Gasteiger partial charge in [0, 0.05) is 42.3 Å². The lowest BCUT2D eigenvalue weighted by molar-refractivity contribution is 0.0689. The van der Waals surface area contributed by atoms with Crippen LogP contribution in [0.5, 0.6) is 0 Å². The molecule has 1 amide bonds. The van der Waals surface area contributed by atoms with Crippen LogP contribution in [-0.4, -0.2) is 33.7 Å². The number of nitrogens with zero attached hydrogens (tertiary/aromatic N) is 3. The first-order valence-electron chi connectivity index (χ1n) is 8.45. The van der Waals surface area contributed by atoms with E-state index in [0.717, 1.165) is 50.1 Å². The number of aryl methyl sites for hydroxylation is 1. The second-order valence-electron chi connectivity index (χ2n) is 6.65. The number of carbonyl (C=O) groups excluding carboxylic acids is 1. The lowest BCUT2D eigenvalue weighted by Crippen LogP contribution is -2.39. The van der Waals surface area contributed by atoms with Crippen LogP contribution in [0, 0.1) is 6.92 Å². The van der Waals surface area contributed by atoms with Gasteiger partial charge in [0.2, 0.25) is 0 Å². The summed E-state index contributed by atoms with van der Waals surface area (Å²) >= 11 is 6.05. The summed E-state index contributed by atoms with van der Waals surface area (Å²) in [6.07, 6.45) is 3.88. The summed E-state index contributed by atoms with van der Waals surface area (Å²) < 4.78 is 2.17. The molecule has 4 rings (SSSR count). The molecule has 0 saturated carbocycles. The molecule has 0 atom stereocenters. The number of amides is 1. The smallest absolute Gasteiger partial charge is 0.253 e. The Bertz CT molecular complexity index is 777. The van der Waals surface area contributed by atoms with E-state index in [1.165, 1.54) is 11.3 Å². The van der Waals surface area contributed by atoms with Crippen molar-refractivity contribution in [2.45, 2.75) is 38.9 Å². The van der Waals surface area contributed by atoms with Crippen molar-refractivity contribution >= 4 is 17.5 Å². The van der Waals surface area contributed by atoms with Gasteiger partial charge in [0.25, 0.3) is 5.91 Å². The number of carbonyl (C=O) groups is 1. The molecule has 1 aromatic carbocycles. The van der Waals surface area contributed by atoms with Gasteiger partial charge in [-0.3, -0.25) is 9.48 Å². The SMILES string of the molecule is Cc1cc(C(=O)N2CCC(n3ncc4c3CNC4)CC2)ccc1Cl. The molecular formula is C18H21ClN4O. The van der Waals surface area contributed by atoms with E-state index in [2.05, 4.69) is 15.1 Å². The second-order valence-corrected chi connectivity index (χ2v) is 7.06. The molecule has 0 aliphatic carbocycles. The van der Waals surface area contributed by atoms with Gasteiger partial charge in [0.1, 0.15) is 0 Å². The van der Waals surface area contributed by atoms with E-state index in [1.807, 2.05) is 30.2 Å². The third-order valence-corrected chi connectivity index (χ3v) is 5.52. The van der Waals surface area contributed by atoms with Crippen LogP contribution in [0.15, 0.2) is 24.4 Å². The largest absolute Gasteiger partial charge is 0.338 e. The average Bonchev–Trinajstić information content (AvgIpc) is 3.20. The highest BCUT2D eigenvalue weighted by molar-refractivity contribution is 6.31. The first-order valence-corrected chi connectivity index (χ1v) is 8.82. The highest BCUT2D eigenvalue weighted by atomic mass is 35.5. The van der Waals surface area contributed by atoms with Crippen molar-refractivity contribution in [2.24, 2.45) is 0 Å². The van der Waals surface area contributed by atoms with E-state index in [1.54, 1.807) is 6.07 Å². The molecule has 5 nitrogen and oxygen atoms in total. The maximum Gasteiger partial charge on any atom is 0.253 e. The summed E-state index contributed by atoms with van der Waals surface area (Å²) in [5, 5.41) is 8.64. The number of likely N-dealkylation sites (tertiary alicyclic amines) is 1. The van der Waals surface area contributed by atoms with Crippen LogP contribution in [0.1, 0.15) is 46.1 Å². The zero-order valence-corrected chi connectivity index (χ0v) is 14.5. The van der Waals surface area contributed by atoms with Crippen LogP contribution >= 0.6 is 11.6 Å². The highest BCUT2D eigenvalue weighted by Crippen LogP contribution is 2.27. The number of aromatic nitrogens is 2. The number of hydrogen-bond donors (Lipinski definition) is 1. The number of halogens is 1. The van der Waals surface area contributed by atoms with Gasteiger partial charge in [-0.25, -0.2) is 0 Å². The molecule has 0 radical (unpaired) electrons. The lowest BCUT2D eigenvalue weighted by atomic mass is 10.0. The van der Waals surface area contributed by atoms with Gasteiger partial charge in [-0.1, -0.05) is 11.6 Å². The maximum atomic E-state index is 12.7. The molecule has 2 aliphatic rings. The molecular weight excluding hydrogens is 324 g/mol. The molecule has 3 heterocycles. The molecule has 1 aromatic heterocycles. The van der Waals surface area contributed by atoms with Crippen molar-refractivity contribution < 1.29 is 4.79 Å². The van der Waals surface area contributed by atoms with Crippen molar-refractivity contribution in [3.63, 3.8) is 0 Å². The minimum atomic E-state index is 0.0978. The molecule has 0 spiro atoms. The van der Waals surface area contributed by atoms with Crippen molar-refractivity contribution in [1.82, 2.24) is 20.0 Å². The molecule has 1 saturated heterocycles. The van der Waals surface area contributed by atoms with Crippen LogP contribution in [0.25, 0.3) is 0 Å². The van der Waals surface area contributed by atoms with Crippen molar-refractivity contribution in [3.05, 3.63) is 51.8 Å². The summed E-state index contributed by atoms with van der Waals surface area (Å²) in [6.45, 7) is 5.29. The van der Waals surface area contributed by atoms with E-state index < -0.39 is 0 Å². The summed E-state index contributed by atoms with van der Waals surface area (Å²) in [5.74, 6) is 0.0978. The van der Waals surface area contributed by atoms with Crippen LogP contribution in [-0.2, 0) is 13.1 Å². The predicted molar refractivity (Wildman–Crippen MR) is 93.1 cm³/mol. The molecule has 2 aromatic rings. The van der Waals surface area contributed by atoms with E-state index in [0.29, 0.717) is 11.1 Å². The first kappa shape index (κ1) is 15.7. The summed E-state index contributed by atoms with van der Waals surface area (Å²) in [7, 11) is 0. The lowest BCUT2D eigenvalue weighted by Gasteiger charge is -2.33. The third-order valence-electron chi connectivity index (χ3n) is 5.10. The Morgan fingerprint density at radius 3 is 2.83 bits per heavy atom. The van der Waals surface area contributed by atoms with Crippen molar-refractivity contribution in [2.75, 3.05) is 13.1 Å². The average molecular weight is 345 g/mol.